The summed E-state index contributed by atoms with van der Waals surface area (Å²) in [5, 5.41) is 52.6. The maximum Gasteiger partial charge on any atom is 0.181 e. The van der Waals surface area contributed by atoms with Crippen LogP contribution in [0.5, 0.6) is 0 Å². The number of benzene rings is 11. The monoisotopic (exact) mass is 1630 g/mol. The standard InChI is InChI=1S/C24H14F2N6.C24H15FN6.C24H16N6.C20H11ClF2N6/c25-14-11-17-20(18(26)12-14)31-32-23(17)29-22-16-7-3-4-8-19(16)28-24(30-22)21-15-6-2-1-5-13(15)9-10-27-21;25-18-10-5-9-17-20(18)30-31-23(17)28-22-16-8-3-4-11-19(16)27-24(29-22)21-15-7-2-1-6-14(15)12-13-26-21;1-2-8-16-15(7-1)13-14-25-21(16)24-26-19-11-5-3-9-17(19)22(28-24)27-23-18-10-4-6-12-20(18)29-30-23;21-17-12(5-3-7-24-17)19-25-15-6-2-1-4-11(15)18(26-19)27-20-13-8-10(22)9-14(23)16(13)28-29-20/h1-12H,(H2,28,29,30,31,32);1-13H,(H2,27,28,29,30,31);1-14H,(H2,26,27,28,29,30);1-9H,(H2,25,26,27,28,29). The second-order valence-electron chi connectivity index (χ2n) is 27.8. The molecule has 0 spiro atoms. The van der Waals surface area contributed by atoms with E-state index in [1.807, 2.05) is 206 Å². The first-order valence-electron chi connectivity index (χ1n) is 37.9. The quantitative estimate of drug-likeness (QED) is 0.0416. The van der Waals surface area contributed by atoms with Gasteiger partial charge in [-0.15, -0.1) is 0 Å². The zero-order valence-electron chi connectivity index (χ0n) is 63.1. The Balaban J connectivity index is 0.000000104. The molecule has 12 heterocycles. The van der Waals surface area contributed by atoms with Gasteiger partial charge >= 0.3 is 0 Å². The van der Waals surface area contributed by atoms with Crippen LogP contribution in [0.1, 0.15) is 0 Å². The van der Waals surface area contributed by atoms with Gasteiger partial charge in [0.25, 0.3) is 0 Å². The first-order valence-corrected chi connectivity index (χ1v) is 38.3. The molecule has 0 aliphatic carbocycles. The maximum absolute atomic E-state index is 14.1. The summed E-state index contributed by atoms with van der Waals surface area (Å²) in [6, 6.07) is 80.8. The summed E-state index contributed by atoms with van der Waals surface area (Å²) in [6.07, 6.45) is 6.85. The molecule has 12 aromatic heterocycles. The van der Waals surface area contributed by atoms with Crippen molar-refractivity contribution in [3.05, 3.63) is 326 Å². The molecule has 0 radical (unpaired) electrons. The van der Waals surface area contributed by atoms with Crippen molar-refractivity contribution in [2.75, 3.05) is 21.3 Å². The third-order valence-electron chi connectivity index (χ3n) is 20.2. The molecule has 586 valence electrons. The minimum absolute atomic E-state index is 0.0998. The molecule has 0 saturated carbocycles. The minimum atomic E-state index is -0.726. The van der Waals surface area contributed by atoms with Crippen LogP contribution in [0.2, 0.25) is 5.15 Å². The molecule has 0 bridgehead atoms. The first-order chi connectivity index (χ1) is 59.9. The van der Waals surface area contributed by atoms with E-state index >= 15 is 0 Å². The van der Waals surface area contributed by atoms with Crippen molar-refractivity contribution in [1.82, 2.24) is 101 Å². The number of hydrogen-bond donors (Lipinski definition) is 8. The lowest BCUT2D eigenvalue weighted by atomic mass is 10.1. The molecule has 24 nitrogen and oxygen atoms in total. The molecule has 30 heteroatoms. The number of halogens is 6. The van der Waals surface area contributed by atoms with Crippen molar-refractivity contribution in [2.24, 2.45) is 0 Å². The van der Waals surface area contributed by atoms with E-state index in [-0.39, 0.29) is 44.4 Å². The molecule has 0 saturated heterocycles. The lowest BCUT2D eigenvalue weighted by molar-refractivity contribution is 0.590. The molecule has 0 fully saturated rings. The Morgan fingerprint density at radius 1 is 0.246 bits per heavy atom. The third-order valence-corrected chi connectivity index (χ3v) is 20.5. The Kier molecular flexibility index (Phi) is 19.2. The zero-order valence-corrected chi connectivity index (χ0v) is 63.9. The molecule has 8 N–H and O–H groups in total. The number of anilines is 8. The van der Waals surface area contributed by atoms with Gasteiger partial charge in [-0.2, -0.15) is 20.4 Å². The molecular weight excluding hydrogens is 1570 g/mol. The van der Waals surface area contributed by atoms with Gasteiger partial charge in [0.1, 0.15) is 79.5 Å². The largest absolute Gasteiger partial charge is 0.322 e. The van der Waals surface area contributed by atoms with Crippen molar-refractivity contribution >= 4 is 178 Å². The number of para-hydroxylation sites is 6. The van der Waals surface area contributed by atoms with Gasteiger partial charge in [0.05, 0.1) is 43.9 Å². The molecule has 0 aliphatic heterocycles. The van der Waals surface area contributed by atoms with E-state index in [0.29, 0.717) is 96.7 Å². The van der Waals surface area contributed by atoms with Crippen LogP contribution in [-0.2, 0) is 0 Å². The summed E-state index contributed by atoms with van der Waals surface area (Å²) >= 11 is 6.21. The van der Waals surface area contributed by atoms with Gasteiger partial charge < -0.3 is 21.3 Å². The summed E-state index contributed by atoms with van der Waals surface area (Å²) in [7, 11) is 0. The van der Waals surface area contributed by atoms with Crippen LogP contribution >= 0.6 is 11.6 Å². The Morgan fingerprint density at radius 3 is 1.01 bits per heavy atom. The summed E-state index contributed by atoms with van der Waals surface area (Å²) in [6.45, 7) is 0. The zero-order chi connectivity index (χ0) is 82.3. The molecule has 0 unspecified atom stereocenters. The highest BCUT2D eigenvalue weighted by Gasteiger charge is 2.23. The minimum Gasteiger partial charge on any atom is -0.322 e. The molecule has 0 aliphatic rings. The van der Waals surface area contributed by atoms with E-state index < -0.39 is 23.3 Å². The number of fused-ring (bicyclic) bond motifs is 11. The molecule has 11 aromatic carbocycles. The van der Waals surface area contributed by atoms with Crippen LogP contribution in [0.4, 0.5) is 68.5 Å². The van der Waals surface area contributed by atoms with E-state index in [1.165, 1.54) is 18.2 Å². The second-order valence-corrected chi connectivity index (χ2v) is 28.1. The van der Waals surface area contributed by atoms with Crippen molar-refractivity contribution in [2.45, 2.75) is 0 Å². The normalized spacial score (nSPS) is 11.4. The van der Waals surface area contributed by atoms with Gasteiger partial charge in [-0.05, 0) is 131 Å². The fraction of sp³-hybridized carbons (Fsp3) is 0. The predicted molar refractivity (Wildman–Crippen MR) is 466 cm³/mol. The van der Waals surface area contributed by atoms with Crippen LogP contribution in [0.25, 0.3) is 165 Å². The van der Waals surface area contributed by atoms with Crippen molar-refractivity contribution in [3.8, 4) is 45.9 Å². The van der Waals surface area contributed by atoms with Gasteiger partial charge in [-0.1, -0.05) is 151 Å². The highest BCUT2D eigenvalue weighted by molar-refractivity contribution is 6.32. The van der Waals surface area contributed by atoms with Gasteiger partial charge in [-0.25, -0.2) is 66.8 Å². The Hall–Kier alpha value is -16.8. The Morgan fingerprint density at radius 2 is 0.582 bits per heavy atom. The molecule has 122 heavy (non-hydrogen) atoms. The Labute approximate surface area is 689 Å². The van der Waals surface area contributed by atoms with Crippen LogP contribution in [-0.4, -0.2) is 101 Å². The smallest absolute Gasteiger partial charge is 0.181 e. The predicted octanol–water partition coefficient (Wildman–Crippen LogP) is 22.1. The fourth-order valence-electron chi connectivity index (χ4n) is 14.5. The number of pyridine rings is 4. The summed E-state index contributed by atoms with van der Waals surface area (Å²) < 4.78 is 69.8. The number of rotatable bonds is 12. The molecule has 23 aromatic rings. The van der Waals surface area contributed by atoms with E-state index in [1.54, 1.807) is 49.1 Å². The SMILES string of the molecule is Fc1cc(F)c2[nH]nc(Nc3nc(-c4cccnc4Cl)nc4ccccc34)c2c1.Fc1cc(F)c2[nH]nc(Nc3nc(-c4nccc5ccccc45)nc4ccccc34)c2c1.Fc1cccc2c(Nc3nc(-c4nccc5ccccc45)nc4ccccc34)n[nH]c12.c1ccc2c(-c3nc(Nc4n[nH]c5ccccc45)c4ccccc4n3)nccc2c1. The molecular formula is C92H56ClF5N24. The van der Waals surface area contributed by atoms with Crippen molar-refractivity contribution in [1.29, 1.82) is 0 Å². The lowest BCUT2D eigenvalue weighted by Gasteiger charge is -2.11. The lowest BCUT2D eigenvalue weighted by Crippen LogP contribution is -2.01. The fourth-order valence-corrected chi connectivity index (χ4v) is 14.7. The van der Waals surface area contributed by atoms with Crippen molar-refractivity contribution in [3.63, 3.8) is 0 Å². The van der Waals surface area contributed by atoms with Gasteiger partial charge in [-0.3, -0.25) is 35.3 Å². The molecule has 23 rings (SSSR count). The highest BCUT2D eigenvalue weighted by atomic mass is 35.5. The van der Waals surface area contributed by atoms with E-state index in [4.69, 9.17) is 41.5 Å². The van der Waals surface area contributed by atoms with Gasteiger partial charge in [0.15, 0.2) is 58.2 Å². The number of hydrogen-bond acceptors (Lipinski definition) is 20. The van der Waals surface area contributed by atoms with Gasteiger partial charge in [0, 0.05) is 85.4 Å². The highest BCUT2D eigenvalue weighted by Crippen LogP contribution is 2.39. The Bertz CT molecular complexity index is 8010. The average Bonchev–Trinajstić information content (AvgIpc) is 1.31. The topological polar surface area (TPSA) is 318 Å². The number of aromatic amines is 4. The number of nitrogens with one attached hydrogen (secondary N) is 8. The molecule has 0 amide bonds. The first kappa shape index (κ1) is 74.0. The van der Waals surface area contributed by atoms with Crippen LogP contribution in [0.3, 0.4) is 0 Å². The maximum atomic E-state index is 14.1. The van der Waals surface area contributed by atoms with E-state index in [9.17, 15) is 22.0 Å². The second kappa shape index (κ2) is 31.7. The number of aromatic nitrogens is 20. The van der Waals surface area contributed by atoms with Crippen LogP contribution in [0, 0.1) is 29.1 Å². The van der Waals surface area contributed by atoms with Gasteiger partial charge in [0.2, 0.25) is 0 Å². The van der Waals surface area contributed by atoms with Crippen LogP contribution in [0.15, 0.2) is 292 Å². The summed E-state index contributed by atoms with van der Waals surface area (Å²) in [5.41, 5.74) is 7.17. The van der Waals surface area contributed by atoms with Crippen LogP contribution < -0.4 is 21.3 Å². The average molecular weight is 1630 g/mol. The third kappa shape index (κ3) is 14.3. The summed E-state index contributed by atoms with van der Waals surface area (Å²) in [4.78, 5) is 55.5. The molecule has 0 atom stereocenters. The summed E-state index contributed by atoms with van der Waals surface area (Å²) in [5.74, 6) is 2.57. The number of nitrogens with zero attached hydrogens (tertiary/aromatic N) is 16. The van der Waals surface area contributed by atoms with Crippen molar-refractivity contribution < 1.29 is 22.0 Å². The van der Waals surface area contributed by atoms with E-state index in [2.05, 4.69) is 98.0 Å². The number of H-pyrrole nitrogens is 4. The van der Waals surface area contributed by atoms with E-state index in [0.717, 1.165) is 94.1 Å².